The molecule has 2 aromatic carbocycles. The Labute approximate surface area is 163 Å². The summed E-state index contributed by atoms with van der Waals surface area (Å²) in [7, 11) is 0. The van der Waals surface area contributed by atoms with Gasteiger partial charge in [-0.15, -0.1) is 0 Å². The van der Waals surface area contributed by atoms with Crippen LogP contribution in [0, 0.1) is 0 Å². The second-order valence-corrected chi connectivity index (χ2v) is 6.49. The minimum atomic E-state index is -1.06. The van der Waals surface area contributed by atoms with Crippen molar-refractivity contribution in [2.24, 2.45) is 0 Å². The lowest BCUT2D eigenvalue weighted by atomic mass is 10.0. The summed E-state index contributed by atoms with van der Waals surface area (Å²) in [5.41, 5.74) is 2.81. The van der Waals surface area contributed by atoms with Gasteiger partial charge in [0, 0.05) is 23.3 Å². The minimum Gasteiger partial charge on any atom is -0.482 e. The number of carboxylic acids is 1. The highest BCUT2D eigenvalue weighted by Crippen LogP contribution is 2.22. The van der Waals surface area contributed by atoms with Gasteiger partial charge in [-0.2, -0.15) is 0 Å². The second kappa shape index (κ2) is 8.99. The number of nitrogens with zero attached hydrogens (tertiary/aromatic N) is 1. The van der Waals surface area contributed by atoms with Crippen LogP contribution in [0.1, 0.15) is 35.7 Å². The number of aromatic nitrogens is 1. The number of carbonyl (C=O) groups excluding carboxylic acids is 1. The van der Waals surface area contributed by atoms with Gasteiger partial charge in [-0.3, -0.25) is 9.78 Å². The van der Waals surface area contributed by atoms with Crippen LogP contribution < -0.4 is 10.1 Å². The number of ether oxygens (including phenoxy) is 1. The molecule has 6 heteroatoms. The van der Waals surface area contributed by atoms with Crippen LogP contribution in [0.4, 0.5) is 5.69 Å². The summed E-state index contributed by atoms with van der Waals surface area (Å²) in [5, 5.41) is 12.5. The number of fused-ring (bicyclic) bond motifs is 1. The second-order valence-electron chi connectivity index (χ2n) is 6.49. The van der Waals surface area contributed by atoms with Crippen LogP contribution in [-0.2, 0) is 11.2 Å². The highest BCUT2D eigenvalue weighted by atomic mass is 16.5. The van der Waals surface area contributed by atoms with Gasteiger partial charge >= 0.3 is 5.97 Å². The molecule has 0 saturated carbocycles. The van der Waals surface area contributed by atoms with Crippen molar-refractivity contribution in [1.82, 2.24) is 4.98 Å². The Balaban J connectivity index is 1.80. The number of unbranched alkanes of at least 4 members (excludes halogenated alkanes) is 1. The quantitative estimate of drug-likeness (QED) is 0.610. The number of aryl methyl sites for hydroxylation is 1. The zero-order chi connectivity index (χ0) is 19.9. The van der Waals surface area contributed by atoms with Crippen molar-refractivity contribution in [3.63, 3.8) is 0 Å². The van der Waals surface area contributed by atoms with E-state index < -0.39 is 12.6 Å². The highest BCUT2D eigenvalue weighted by Gasteiger charge is 2.12. The molecule has 1 amide bonds. The van der Waals surface area contributed by atoms with Crippen molar-refractivity contribution in [3.8, 4) is 5.75 Å². The van der Waals surface area contributed by atoms with Gasteiger partial charge in [0.25, 0.3) is 5.91 Å². The summed E-state index contributed by atoms with van der Waals surface area (Å²) in [6, 6.07) is 14.2. The third kappa shape index (κ3) is 4.85. The molecular formula is C22H22N2O4. The van der Waals surface area contributed by atoms with Gasteiger partial charge in [0.1, 0.15) is 5.75 Å². The van der Waals surface area contributed by atoms with Gasteiger partial charge < -0.3 is 15.2 Å². The summed E-state index contributed by atoms with van der Waals surface area (Å²) >= 11 is 0. The smallest absolute Gasteiger partial charge is 0.341 e. The van der Waals surface area contributed by atoms with Gasteiger partial charge in [0.15, 0.2) is 6.61 Å². The Morgan fingerprint density at radius 2 is 1.96 bits per heavy atom. The Kier molecular flexibility index (Phi) is 6.22. The molecule has 0 saturated heterocycles. The predicted molar refractivity (Wildman–Crippen MR) is 108 cm³/mol. The molecule has 0 aliphatic heterocycles. The molecule has 1 aromatic heterocycles. The third-order valence-electron chi connectivity index (χ3n) is 4.29. The standard InChI is InChI=1S/C22H22N2O4/c1-2-3-6-15-11-16-7-4-10-19(21(16)23-13-15)22(27)24-17-8-5-9-18(12-17)28-14-20(25)26/h4-5,7-13H,2-3,6,14H2,1H3,(H,24,27)(H,25,26). The van der Waals surface area contributed by atoms with Gasteiger partial charge in [0.2, 0.25) is 0 Å². The number of amides is 1. The van der Waals surface area contributed by atoms with Gasteiger partial charge in [0.05, 0.1) is 11.1 Å². The summed E-state index contributed by atoms with van der Waals surface area (Å²) in [4.78, 5) is 27.9. The first-order chi connectivity index (χ1) is 13.6. The lowest BCUT2D eigenvalue weighted by Gasteiger charge is -2.10. The van der Waals surface area contributed by atoms with E-state index in [1.165, 1.54) is 0 Å². The van der Waals surface area contributed by atoms with Crippen molar-refractivity contribution < 1.29 is 19.4 Å². The Bertz CT molecular complexity index is 1000. The summed E-state index contributed by atoms with van der Waals surface area (Å²) < 4.78 is 5.15. The maximum atomic E-state index is 12.8. The maximum Gasteiger partial charge on any atom is 0.341 e. The van der Waals surface area contributed by atoms with Crippen molar-refractivity contribution in [2.75, 3.05) is 11.9 Å². The lowest BCUT2D eigenvalue weighted by molar-refractivity contribution is -0.139. The molecule has 3 aromatic rings. The topological polar surface area (TPSA) is 88.5 Å². The molecule has 2 N–H and O–H groups in total. The fourth-order valence-corrected chi connectivity index (χ4v) is 2.91. The normalized spacial score (nSPS) is 10.6. The van der Waals surface area contributed by atoms with Crippen LogP contribution in [0.5, 0.6) is 5.75 Å². The maximum absolute atomic E-state index is 12.8. The van der Waals surface area contributed by atoms with Crippen LogP contribution in [0.25, 0.3) is 10.9 Å². The van der Waals surface area contributed by atoms with E-state index >= 15 is 0 Å². The number of hydrogen-bond donors (Lipinski definition) is 2. The number of carbonyl (C=O) groups is 2. The van der Waals surface area contributed by atoms with E-state index in [-0.39, 0.29) is 5.91 Å². The molecule has 0 radical (unpaired) electrons. The highest BCUT2D eigenvalue weighted by molar-refractivity contribution is 6.11. The SMILES string of the molecule is CCCCc1cnc2c(C(=O)Nc3cccc(OCC(=O)O)c3)cccc2c1. The fourth-order valence-electron chi connectivity index (χ4n) is 2.91. The molecule has 0 bridgehead atoms. The molecule has 1 heterocycles. The molecule has 3 rings (SSSR count). The summed E-state index contributed by atoms with van der Waals surface area (Å²) in [6.07, 6.45) is 5.03. The Hall–Kier alpha value is -3.41. The lowest BCUT2D eigenvalue weighted by Crippen LogP contribution is -2.13. The van der Waals surface area contributed by atoms with Gasteiger partial charge in [-0.1, -0.05) is 31.5 Å². The Morgan fingerprint density at radius 1 is 1.14 bits per heavy atom. The molecular weight excluding hydrogens is 356 g/mol. The van der Waals surface area contributed by atoms with Crippen molar-refractivity contribution >= 4 is 28.5 Å². The molecule has 0 aliphatic rings. The van der Waals surface area contributed by atoms with E-state index in [9.17, 15) is 9.59 Å². The van der Waals surface area contributed by atoms with E-state index in [0.29, 0.717) is 22.5 Å². The van der Waals surface area contributed by atoms with Crippen LogP contribution in [-0.4, -0.2) is 28.6 Å². The number of aliphatic carboxylic acids is 1. The Morgan fingerprint density at radius 3 is 2.75 bits per heavy atom. The van der Waals surface area contributed by atoms with E-state index in [4.69, 9.17) is 9.84 Å². The number of rotatable bonds is 8. The number of nitrogens with one attached hydrogen (secondary N) is 1. The number of benzene rings is 2. The van der Waals surface area contributed by atoms with Gasteiger partial charge in [-0.25, -0.2) is 4.79 Å². The minimum absolute atomic E-state index is 0.283. The van der Waals surface area contributed by atoms with Crippen molar-refractivity contribution in [2.45, 2.75) is 26.2 Å². The molecule has 0 aliphatic carbocycles. The monoisotopic (exact) mass is 378 g/mol. The fraction of sp³-hybridized carbons (Fsp3) is 0.227. The number of para-hydroxylation sites is 1. The summed E-state index contributed by atoms with van der Waals surface area (Å²) in [6.45, 7) is 1.71. The van der Waals surface area contributed by atoms with E-state index in [1.54, 1.807) is 30.3 Å². The zero-order valence-corrected chi connectivity index (χ0v) is 15.6. The summed E-state index contributed by atoms with van der Waals surface area (Å²) in [5.74, 6) is -0.971. The number of hydrogen-bond acceptors (Lipinski definition) is 4. The van der Waals surface area contributed by atoms with E-state index in [0.717, 1.165) is 30.2 Å². The van der Waals surface area contributed by atoms with Crippen LogP contribution in [0.15, 0.2) is 54.7 Å². The molecule has 0 fully saturated rings. The van der Waals surface area contributed by atoms with Crippen LogP contribution in [0.2, 0.25) is 0 Å². The molecule has 0 unspecified atom stereocenters. The number of pyridine rings is 1. The molecule has 28 heavy (non-hydrogen) atoms. The average molecular weight is 378 g/mol. The first kappa shape index (κ1) is 19.4. The number of carboxylic acid groups (broad SMARTS) is 1. The zero-order valence-electron chi connectivity index (χ0n) is 15.6. The predicted octanol–water partition coefficient (Wildman–Crippen LogP) is 4.29. The molecule has 0 atom stereocenters. The van der Waals surface area contributed by atoms with Gasteiger partial charge in [-0.05, 0) is 42.7 Å². The van der Waals surface area contributed by atoms with Crippen molar-refractivity contribution in [1.29, 1.82) is 0 Å². The first-order valence-corrected chi connectivity index (χ1v) is 9.20. The third-order valence-corrected chi connectivity index (χ3v) is 4.29. The number of anilines is 1. The van der Waals surface area contributed by atoms with Crippen molar-refractivity contribution in [3.05, 3.63) is 65.9 Å². The van der Waals surface area contributed by atoms with E-state index in [2.05, 4.69) is 23.3 Å². The average Bonchev–Trinajstić information content (AvgIpc) is 2.70. The largest absolute Gasteiger partial charge is 0.482 e. The van der Waals surface area contributed by atoms with E-state index in [1.807, 2.05) is 18.3 Å². The van der Waals surface area contributed by atoms with Crippen LogP contribution >= 0.6 is 0 Å². The molecule has 0 spiro atoms. The molecule has 144 valence electrons. The molecule has 6 nitrogen and oxygen atoms in total. The first-order valence-electron chi connectivity index (χ1n) is 9.20. The van der Waals surface area contributed by atoms with Crippen LogP contribution in [0.3, 0.4) is 0 Å².